The highest BCUT2D eigenvalue weighted by Gasteiger charge is 2.33. The number of hydrogen-bond acceptors (Lipinski definition) is 5. The van der Waals surface area contributed by atoms with Crippen molar-refractivity contribution in [3.8, 4) is 0 Å². The Morgan fingerprint density at radius 1 is 1.33 bits per heavy atom. The molecule has 0 aliphatic carbocycles. The minimum Gasteiger partial charge on any atom is -0.444 e. The Morgan fingerprint density at radius 3 is 2.48 bits per heavy atom. The third-order valence-electron chi connectivity index (χ3n) is 4.13. The molecule has 1 N–H and O–H groups in total. The predicted molar refractivity (Wildman–Crippen MR) is 95.7 cm³/mol. The van der Waals surface area contributed by atoms with Gasteiger partial charge < -0.3 is 15.0 Å². The van der Waals surface area contributed by atoms with Crippen molar-refractivity contribution in [1.29, 1.82) is 0 Å². The maximum absolute atomic E-state index is 12.6. The Balaban J connectivity index is 1.75. The summed E-state index contributed by atoms with van der Waals surface area (Å²) in [6, 6.07) is 0. The second-order valence-corrected chi connectivity index (χ2v) is 7.88. The third kappa shape index (κ3) is 6.71. The van der Waals surface area contributed by atoms with Crippen LogP contribution in [-0.4, -0.2) is 46.2 Å². The van der Waals surface area contributed by atoms with Gasteiger partial charge in [0.2, 0.25) is 0 Å². The van der Waals surface area contributed by atoms with E-state index in [1.54, 1.807) is 4.90 Å². The second kappa shape index (κ2) is 8.50. The van der Waals surface area contributed by atoms with Crippen LogP contribution in [0.4, 0.5) is 23.8 Å². The molecule has 0 saturated carbocycles. The van der Waals surface area contributed by atoms with Gasteiger partial charge in [-0.3, -0.25) is 0 Å². The minimum absolute atomic E-state index is 0.135. The number of halogens is 4. The molecule has 1 fully saturated rings. The van der Waals surface area contributed by atoms with Crippen LogP contribution in [0.3, 0.4) is 0 Å². The molecule has 1 aliphatic heterocycles. The zero-order valence-electron chi connectivity index (χ0n) is 15.6. The van der Waals surface area contributed by atoms with Crippen LogP contribution in [0.25, 0.3) is 0 Å². The van der Waals surface area contributed by atoms with Gasteiger partial charge in [0.15, 0.2) is 16.7 Å². The van der Waals surface area contributed by atoms with E-state index in [9.17, 15) is 18.0 Å². The van der Waals surface area contributed by atoms with Gasteiger partial charge in [-0.25, -0.2) is 14.8 Å². The molecule has 1 amide bonds. The number of carbonyl (C=O) groups excluding carboxylic acids is 1. The lowest BCUT2D eigenvalue weighted by Gasteiger charge is -2.33. The Kier molecular flexibility index (Phi) is 6.77. The lowest BCUT2D eigenvalue weighted by Crippen LogP contribution is -2.41. The number of alkyl halides is 3. The molecular formula is C17H24ClF3N4O2. The van der Waals surface area contributed by atoms with Crippen molar-refractivity contribution < 1.29 is 22.7 Å². The van der Waals surface area contributed by atoms with E-state index >= 15 is 0 Å². The van der Waals surface area contributed by atoms with Gasteiger partial charge >= 0.3 is 12.3 Å². The van der Waals surface area contributed by atoms with E-state index in [4.69, 9.17) is 16.3 Å². The fourth-order valence-electron chi connectivity index (χ4n) is 2.75. The van der Waals surface area contributed by atoms with Crippen molar-refractivity contribution >= 4 is 23.5 Å². The largest absolute Gasteiger partial charge is 0.444 e. The van der Waals surface area contributed by atoms with Gasteiger partial charge in [0.1, 0.15) is 5.60 Å². The van der Waals surface area contributed by atoms with Crippen molar-refractivity contribution in [2.75, 3.05) is 25.0 Å². The second-order valence-electron chi connectivity index (χ2n) is 7.52. The number of piperidine rings is 1. The van der Waals surface area contributed by atoms with Crippen molar-refractivity contribution in [3.05, 3.63) is 17.0 Å². The Hall–Kier alpha value is -1.77. The lowest BCUT2D eigenvalue weighted by atomic mass is 9.94. The summed E-state index contributed by atoms with van der Waals surface area (Å²) in [5, 5.41) is 2.62. The van der Waals surface area contributed by atoms with Crippen LogP contribution in [0.2, 0.25) is 5.15 Å². The highest BCUT2D eigenvalue weighted by Crippen LogP contribution is 2.29. The average molecular weight is 409 g/mol. The number of amides is 1. The van der Waals surface area contributed by atoms with Crippen molar-refractivity contribution in [1.82, 2.24) is 14.9 Å². The zero-order chi connectivity index (χ0) is 20.2. The van der Waals surface area contributed by atoms with E-state index in [1.165, 1.54) is 0 Å². The molecule has 10 heteroatoms. The summed E-state index contributed by atoms with van der Waals surface area (Å²) in [6.07, 6.45) is -1.74. The Bertz CT molecular complexity index is 657. The van der Waals surface area contributed by atoms with Crippen LogP contribution in [0.5, 0.6) is 0 Å². The molecule has 2 rings (SSSR count). The first-order valence-electron chi connectivity index (χ1n) is 8.77. The van der Waals surface area contributed by atoms with Crippen molar-refractivity contribution in [2.45, 2.75) is 51.8 Å². The molecule has 0 radical (unpaired) electrons. The molecule has 0 spiro atoms. The fraction of sp³-hybridized carbons (Fsp3) is 0.706. The highest BCUT2D eigenvalue weighted by molar-refractivity contribution is 6.31. The maximum atomic E-state index is 12.6. The minimum atomic E-state index is -4.57. The van der Waals surface area contributed by atoms with Crippen LogP contribution < -0.4 is 5.32 Å². The number of rotatable bonds is 4. The standard InChI is InChI=1S/C17H24ClF3N4O2/c1-16(2,3)27-15(26)25-8-5-11(6-9-25)4-7-22-14-13(18)24-12(10-23-14)17(19,20)21/h10-11H,4-9H2,1-3H3,(H,22,23). The van der Waals surface area contributed by atoms with E-state index in [1.807, 2.05) is 20.8 Å². The number of anilines is 1. The molecule has 0 aromatic carbocycles. The summed E-state index contributed by atoms with van der Waals surface area (Å²) in [5.74, 6) is 0.535. The zero-order valence-corrected chi connectivity index (χ0v) is 16.3. The van der Waals surface area contributed by atoms with Crippen LogP contribution in [0.15, 0.2) is 6.20 Å². The normalized spacial score (nSPS) is 16.3. The summed E-state index contributed by atoms with van der Waals surface area (Å²) in [6.45, 7) is 7.26. The van der Waals surface area contributed by atoms with Gasteiger partial charge in [0.25, 0.3) is 0 Å². The summed E-state index contributed by atoms with van der Waals surface area (Å²) < 4.78 is 43.0. The monoisotopic (exact) mass is 408 g/mol. The van der Waals surface area contributed by atoms with Crippen LogP contribution in [0, 0.1) is 5.92 Å². The van der Waals surface area contributed by atoms with Crippen LogP contribution in [0.1, 0.15) is 45.7 Å². The molecule has 1 aromatic heterocycles. The predicted octanol–water partition coefficient (Wildman–Crippen LogP) is 4.60. The quantitative estimate of drug-likeness (QED) is 0.788. The fourth-order valence-corrected chi connectivity index (χ4v) is 2.95. The van der Waals surface area contributed by atoms with Gasteiger partial charge in [-0.15, -0.1) is 0 Å². The van der Waals surface area contributed by atoms with E-state index in [0.717, 1.165) is 19.3 Å². The molecule has 1 aliphatic rings. The molecule has 1 saturated heterocycles. The van der Waals surface area contributed by atoms with E-state index in [-0.39, 0.29) is 17.1 Å². The van der Waals surface area contributed by atoms with Crippen molar-refractivity contribution in [2.24, 2.45) is 5.92 Å². The molecular weight excluding hydrogens is 385 g/mol. The van der Waals surface area contributed by atoms with Crippen molar-refractivity contribution in [3.63, 3.8) is 0 Å². The molecule has 152 valence electrons. The van der Waals surface area contributed by atoms with Gasteiger partial charge in [0.05, 0.1) is 6.20 Å². The SMILES string of the molecule is CC(C)(C)OC(=O)N1CCC(CCNc2ncc(C(F)(F)F)nc2Cl)CC1. The average Bonchev–Trinajstić information content (AvgIpc) is 2.54. The molecule has 2 heterocycles. The number of carbonyl (C=O) groups is 1. The van der Waals surface area contributed by atoms with Gasteiger partial charge in [-0.2, -0.15) is 13.2 Å². The first kappa shape index (κ1) is 21.5. The highest BCUT2D eigenvalue weighted by atomic mass is 35.5. The number of hydrogen-bond donors (Lipinski definition) is 1. The van der Waals surface area contributed by atoms with Gasteiger partial charge in [0, 0.05) is 19.6 Å². The summed E-state index contributed by atoms with van der Waals surface area (Å²) >= 11 is 5.77. The number of ether oxygens (including phenoxy) is 1. The Labute approximate surface area is 161 Å². The Morgan fingerprint density at radius 2 is 1.96 bits per heavy atom. The smallest absolute Gasteiger partial charge is 0.434 e. The molecule has 1 aromatic rings. The number of likely N-dealkylation sites (tertiary alicyclic amines) is 1. The number of aromatic nitrogens is 2. The molecule has 0 unspecified atom stereocenters. The van der Waals surface area contributed by atoms with Gasteiger partial charge in [-0.05, 0) is 46.0 Å². The molecule has 0 bridgehead atoms. The molecule has 6 nitrogen and oxygen atoms in total. The van der Waals surface area contributed by atoms with Crippen LogP contribution >= 0.6 is 11.6 Å². The van der Waals surface area contributed by atoms with E-state index < -0.39 is 17.5 Å². The summed E-state index contributed by atoms with van der Waals surface area (Å²) in [4.78, 5) is 20.8. The first-order chi connectivity index (χ1) is 12.5. The first-order valence-corrected chi connectivity index (χ1v) is 9.15. The lowest BCUT2D eigenvalue weighted by molar-refractivity contribution is -0.141. The summed E-state index contributed by atoms with van der Waals surface area (Å²) in [7, 11) is 0. The third-order valence-corrected chi connectivity index (χ3v) is 4.40. The van der Waals surface area contributed by atoms with E-state index in [0.29, 0.717) is 31.7 Å². The molecule has 0 atom stereocenters. The summed E-state index contributed by atoms with van der Waals surface area (Å²) in [5.41, 5.74) is -1.63. The van der Waals surface area contributed by atoms with Crippen LogP contribution in [-0.2, 0) is 10.9 Å². The van der Waals surface area contributed by atoms with E-state index in [2.05, 4.69) is 15.3 Å². The maximum Gasteiger partial charge on any atom is 0.434 e. The topological polar surface area (TPSA) is 67.3 Å². The molecule has 27 heavy (non-hydrogen) atoms. The number of nitrogens with one attached hydrogen (secondary N) is 1. The number of nitrogens with zero attached hydrogens (tertiary/aromatic N) is 3. The van der Waals surface area contributed by atoms with Gasteiger partial charge in [-0.1, -0.05) is 11.6 Å².